The summed E-state index contributed by atoms with van der Waals surface area (Å²) in [6.45, 7) is 8.95. The summed E-state index contributed by atoms with van der Waals surface area (Å²) in [7, 11) is 0. The minimum Gasteiger partial charge on any atom is -0.462 e. The third kappa shape index (κ3) is 39.6. The molecule has 0 aliphatic rings. The summed E-state index contributed by atoms with van der Waals surface area (Å²) < 4.78 is 16.6. The van der Waals surface area contributed by atoms with Gasteiger partial charge in [-0.1, -0.05) is 214 Å². The van der Waals surface area contributed by atoms with Crippen molar-refractivity contribution in [3.8, 4) is 0 Å². The average molecular weight is 737 g/mol. The first kappa shape index (κ1) is 50.4. The van der Waals surface area contributed by atoms with Crippen LogP contribution in [0.1, 0.15) is 252 Å². The van der Waals surface area contributed by atoms with Gasteiger partial charge in [0.05, 0.1) is 0 Å². The number of hydrogen-bond donors (Lipinski definition) is 0. The Hall–Kier alpha value is -1.59. The molecule has 0 aliphatic carbocycles. The van der Waals surface area contributed by atoms with Gasteiger partial charge in [-0.2, -0.15) is 0 Å². The van der Waals surface area contributed by atoms with Crippen LogP contribution in [0, 0.1) is 5.92 Å². The van der Waals surface area contributed by atoms with E-state index in [9.17, 15) is 14.4 Å². The standard InChI is InChI=1S/C46H88O6/c1-5-7-9-11-13-21-26-30-34-38-45(48)51-41-43(40-50-44(47)37-33-29-24-12-10-8-6-2)52-46(49)39-35-31-27-23-20-18-16-14-15-17-19-22-25-28-32-36-42(3)4/h42-43H,5-41H2,1-4H3/t43-/m0/s1. The van der Waals surface area contributed by atoms with E-state index in [-0.39, 0.29) is 31.1 Å². The van der Waals surface area contributed by atoms with E-state index in [1.54, 1.807) is 0 Å². The highest BCUT2D eigenvalue weighted by Gasteiger charge is 2.19. The lowest BCUT2D eigenvalue weighted by Gasteiger charge is -2.18. The lowest BCUT2D eigenvalue weighted by Crippen LogP contribution is -2.30. The molecule has 0 fully saturated rings. The van der Waals surface area contributed by atoms with E-state index in [2.05, 4.69) is 27.7 Å². The van der Waals surface area contributed by atoms with E-state index < -0.39 is 6.10 Å². The minimum atomic E-state index is -0.757. The number of ether oxygens (including phenoxy) is 3. The molecule has 0 spiro atoms. The van der Waals surface area contributed by atoms with Gasteiger partial charge in [0.2, 0.25) is 0 Å². The van der Waals surface area contributed by atoms with E-state index in [0.717, 1.165) is 63.7 Å². The van der Waals surface area contributed by atoms with Crippen LogP contribution in [0.3, 0.4) is 0 Å². The smallest absolute Gasteiger partial charge is 0.306 e. The number of hydrogen-bond acceptors (Lipinski definition) is 6. The van der Waals surface area contributed by atoms with Crippen LogP contribution >= 0.6 is 0 Å². The van der Waals surface area contributed by atoms with E-state index in [1.165, 1.54) is 148 Å². The van der Waals surface area contributed by atoms with E-state index in [4.69, 9.17) is 14.2 Å². The molecule has 0 aliphatic heterocycles. The zero-order chi connectivity index (χ0) is 38.2. The van der Waals surface area contributed by atoms with Gasteiger partial charge in [-0.3, -0.25) is 14.4 Å². The van der Waals surface area contributed by atoms with Crippen molar-refractivity contribution in [3.63, 3.8) is 0 Å². The van der Waals surface area contributed by atoms with Crippen LogP contribution in [-0.4, -0.2) is 37.2 Å². The summed E-state index contributed by atoms with van der Waals surface area (Å²) in [5.41, 5.74) is 0. The summed E-state index contributed by atoms with van der Waals surface area (Å²) in [6.07, 6.45) is 39.6. The van der Waals surface area contributed by atoms with Crippen molar-refractivity contribution >= 4 is 17.9 Å². The van der Waals surface area contributed by atoms with Crippen LogP contribution in [0.15, 0.2) is 0 Å². The topological polar surface area (TPSA) is 78.9 Å². The fraction of sp³-hybridized carbons (Fsp3) is 0.935. The quantitative estimate of drug-likeness (QED) is 0.0353. The van der Waals surface area contributed by atoms with Crippen molar-refractivity contribution in [3.05, 3.63) is 0 Å². The summed E-state index contributed by atoms with van der Waals surface area (Å²) in [5.74, 6) is -0.0145. The van der Waals surface area contributed by atoms with Crippen molar-refractivity contribution in [2.24, 2.45) is 5.92 Å². The molecule has 308 valence electrons. The molecule has 0 saturated heterocycles. The van der Waals surface area contributed by atoms with Crippen molar-refractivity contribution in [2.75, 3.05) is 13.2 Å². The number of unbranched alkanes of at least 4 members (excludes halogenated alkanes) is 28. The van der Waals surface area contributed by atoms with E-state index in [0.29, 0.717) is 19.3 Å². The van der Waals surface area contributed by atoms with Gasteiger partial charge in [-0.05, 0) is 25.2 Å². The van der Waals surface area contributed by atoms with Crippen LogP contribution < -0.4 is 0 Å². The number of carbonyl (C=O) groups excluding carboxylic acids is 3. The average Bonchev–Trinajstić information content (AvgIpc) is 3.12. The summed E-state index contributed by atoms with van der Waals surface area (Å²) in [6, 6.07) is 0. The molecule has 0 bridgehead atoms. The van der Waals surface area contributed by atoms with Crippen LogP contribution in [0.2, 0.25) is 0 Å². The van der Waals surface area contributed by atoms with Crippen molar-refractivity contribution in [1.29, 1.82) is 0 Å². The summed E-state index contributed by atoms with van der Waals surface area (Å²) >= 11 is 0. The molecule has 0 aromatic carbocycles. The van der Waals surface area contributed by atoms with E-state index in [1.807, 2.05) is 0 Å². The summed E-state index contributed by atoms with van der Waals surface area (Å²) in [4.78, 5) is 37.5. The lowest BCUT2D eigenvalue weighted by molar-refractivity contribution is -0.167. The Bertz CT molecular complexity index is 781. The first-order chi connectivity index (χ1) is 25.4. The number of esters is 3. The van der Waals surface area contributed by atoms with Gasteiger partial charge in [0.15, 0.2) is 6.10 Å². The maximum absolute atomic E-state index is 12.7. The molecule has 52 heavy (non-hydrogen) atoms. The van der Waals surface area contributed by atoms with E-state index >= 15 is 0 Å². The molecule has 0 unspecified atom stereocenters. The number of rotatable bonds is 41. The second-order valence-corrected chi connectivity index (χ2v) is 16.2. The van der Waals surface area contributed by atoms with Gasteiger partial charge in [0, 0.05) is 19.3 Å². The molecule has 0 rings (SSSR count). The van der Waals surface area contributed by atoms with Gasteiger partial charge < -0.3 is 14.2 Å². The zero-order valence-electron chi connectivity index (χ0n) is 35.3. The fourth-order valence-electron chi connectivity index (χ4n) is 6.80. The molecular formula is C46H88O6. The predicted octanol–water partition coefficient (Wildman–Crippen LogP) is 14.3. The first-order valence-electron chi connectivity index (χ1n) is 22.9. The highest BCUT2D eigenvalue weighted by Crippen LogP contribution is 2.16. The highest BCUT2D eigenvalue weighted by atomic mass is 16.6. The fourth-order valence-corrected chi connectivity index (χ4v) is 6.80. The lowest BCUT2D eigenvalue weighted by atomic mass is 10.0. The van der Waals surface area contributed by atoms with Gasteiger partial charge >= 0.3 is 17.9 Å². The molecule has 0 radical (unpaired) electrons. The highest BCUT2D eigenvalue weighted by molar-refractivity contribution is 5.71. The molecule has 1 atom stereocenters. The maximum Gasteiger partial charge on any atom is 0.306 e. The Morgan fingerprint density at radius 1 is 0.365 bits per heavy atom. The zero-order valence-corrected chi connectivity index (χ0v) is 35.3. The Balaban J connectivity index is 4.19. The molecule has 0 saturated carbocycles. The minimum absolute atomic E-state index is 0.0643. The van der Waals surface area contributed by atoms with Crippen LogP contribution in [0.5, 0.6) is 0 Å². The molecule has 6 heteroatoms. The van der Waals surface area contributed by atoms with Gasteiger partial charge in [0.25, 0.3) is 0 Å². The molecule has 0 aromatic rings. The first-order valence-corrected chi connectivity index (χ1v) is 22.9. The third-order valence-electron chi connectivity index (χ3n) is 10.3. The molecule has 6 nitrogen and oxygen atoms in total. The third-order valence-corrected chi connectivity index (χ3v) is 10.3. The number of carbonyl (C=O) groups is 3. The summed E-state index contributed by atoms with van der Waals surface area (Å²) in [5, 5.41) is 0. The van der Waals surface area contributed by atoms with Gasteiger partial charge in [-0.15, -0.1) is 0 Å². The van der Waals surface area contributed by atoms with Gasteiger partial charge in [0.1, 0.15) is 13.2 Å². The van der Waals surface area contributed by atoms with Crippen LogP contribution in [-0.2, 0) is 28.6 Å². The van der Waals surface area contributed by atoms with Crippen LogP contribution in [0.25, 0.3) is 0 Å². The molecule has 0 N–H and O–H groups in total. The maximum atomic E-state index is 12.7. The second-order valence-electron chi connectivity index (χ2n) is 16.2. The Morgan fingerprint density at radius 2 is 0.635 bits per heavy atom. The molecule has 0 aromatic heterocycles. The van der Waals surface area contributed by atoms with Crippen LogP contribution in [0.4, 0.5) is 0 Å². The van der Waals surface area contributed by atoms with Crippen molar-refractivity contribution in [2.45, 2.75) is 259 Å². The largest absolute Gasteiger partial charge is 0.462 e. The molecule has 0 amide bonds. The predicted molar refractivity (Wildman–Crippen MR) is 220 cm³/mol. The van der Waals surface area contributed by atoms with Crippen molar-refractivity contribution < 1.29 is 28.6 Å². The molecular weight excluding hydrogens is 649 g/mol. The second kappa shape index (κ2) is 40.6. The van der Waals surface area contributed by atoms with Crippen molar-refractivity contribution in [1.82, 2.24) is 0 Å². The Morgan fingerprint density at radius 3 is 0.942 bits per heavy atom. The monoisotopic (exact) mass is 737 g/mol. The van der Waals surface area contributed by atoms with Gasteiger partial charge in [-0.25, -0.2) is 0 Å². The SMILES string of the molecule is CCCCCCCCCCCC(=O)OC[C@H](COC(=O)CCCCCCCCC)OC(=O)CCCCCCCCCCCCCCCCCC(C)C. The molecule has 0 heterocycles. The Labute approximate surface area is 323 Å². The Kier molecular flexibility index (Phi) is 39.4. The normalized spacial score (nSPS) is 11.9.